The molecule has 2 aromatic rings. The van der Waals surface area contributed by atoms with Crippen molar-refractivity contribution in [2.75, 3.05) is 0 Å². The highest BCUT2D eigenvalue weighted by Crippen LogP contribution is 2.13. The normalized spacial score (nSPS) is 10.5. The van der Waals surface area contributed by atoms with Gasteiger partial charge in [-0.15, -0.1) is 0 Å². The van der Waals surface area contributed by atoms with E-state index in [9.17, 15) is 9.18 Å². The molecule has 2 aromatic carbocycles. The van der Waals surface area contributed by atoms with E-state index in [-0.39, 0.29) is 11.6 Å². The molecule has 0 amide bonds. The first-order chi connectivity index (χ1) is 9.04. The molecule has 0 spiro atoms. The highest BCUT2D eigenvalue weighted by atomic mass is 19.1. The van der Waals surface area contributed by atoms with Crippen molar-refractivity contribution in [2.45, 2.75) is 26.7 Å². The molecular formula is C17H17FO. The van der Waals surface area contributed by atoms with Crippen molar-refractivity contribution in [1.82, 2.24) is 0 Å². The molecule has 0 unspecified atom stereocenters. The quantitative estimate of drug-likeness (QED) is 0.747. The molecule has 0 atom stereocenters. The summed E-state index contributed by atoms with van der Waals surface area (Å²) in [5.74, 6) is -0.111. The zero-order chi connectivity index (χ0) is 13.8. The van der Waals surface area contributed by atoms with E-state index < -0.39 is 0 Å². The Bertz CT molecular complexity index is 564. The minimum absolute atomic E-state index is 0.135. The number of aryl methyl sites for hydroxylation is 3. The summed E-state index contributed by atoms with van der Waals surface area (Å²) in [6, 6.07) is 12.2. The van der Waals surface area contributed by atoms with Crippen molar-refractivity contribution in [3.63, 3.8) is 0 Å². The van der Waals surface area contributed by atoms with Gasteiger partial charge < -0.3 is 0 Å². The van der Waals surface area contributed by atoms with Crippen molar-refractivity contribution in [3.8, 4) is 0 Å². The number of benzene rings is 2. The average Bonchev–Trinajstić information content (AvgIpc) is 2.36. The summed E-state index contributed by atoms with van der Waals surface area (Å²) in [7, 11) is 0. The summed E-state index contributed by atoms with van der Waals surface area (Å²) < 4.78 is 12.8. The molecule has 1 nitrogen and oxygen atoms in total. The molecule has 2 rings (SSSR count). The lowest BCUT2D eigenvalue weighted by Gasteiger charge is -2.05. The lowest BCUT2D eigenvalue weighted by atomic mass is 9.99. The van der Waals surface area contributed by atoms with Crippen LogP contribution in [-0.2, 0) is 6.42 Å². The van der Waals surface area contributed by atoms with E-state index in [1.165, 1.54) is 12.1 Å². The van der Waals surface area contributed by atoms with Gasteiger partial charge in [-0.05, 0) is 50.1 Å². The van der Waals surface area contributed by atoms with Gasteiger partial charge in [-0.3, -0.25) is 4.79 Å². The van der Waals surface area contributed by atoms with Gasteiger partial charge in [0.25, 0.3) is 0 Å². The lowest BCUT2D eigenvalue weighted by molar-refractivity contribution is 0.0982. The number of hydrogen-bond donors (Lipinski definition) is 0. The number of carbonyl (C=O) groups is 1. The fraction of sp³-hybridized carbons (Fsp3) is 0.235. The smallest absolute Gasteiger partial charge is 0.163 e. The minimum atomic E-state index is -0.246. The predicted molar refractivity (Wildman–Crippen MR) is 75.0 cm³/mol. The Hall–Kier alpha value is -1.96. The Labute approximate surface area is 113 Å². The van der Waals surface area contributed by atoms with Crippen LogP contribution in [0, 0.1) is 19.7 Å². The molecule has 19 heavy (non-hydrogen) atoms. The second kappa shape index (κ2) is 5.79. The molecule has 0 heterocycles. The second-order valence-electron chi connectivity index (χ2n) is 4.93. The average molecular weight is 256 g/mol. The molecular weight excluding hydrogens is 239 g/mol. The number of carbonyl (C=O) groups excluding carboxylic acids is 1. The Morgan fingerprint density at radius 3 is 2.16 bits per heavy atom. The van der Waals surface area contributed by atoms with E-state index in [1.807, 2.05) is 26.0 Å². The van der Waals surface area contributed by atoms with Gasteiger partial charge in [0.2, 0.25) is 0 Å². The zero-order valence-corrected chi connectivity index (χ0v) is 11.2. The Kier molecular flexibility index (Phi) is 4.10. The topological polar surface area (TPSA) is 17.1 Å². The van der Waals surface area contributed by atoms with Crippen LogP contribution in [0.25, 0.3) is 0 Å². The van der Waals surface area contributed by atoms with Crippen LogP contribution in [0.3, 0.4) is 0 Å². The summed E-state index contributed by atoms with van der Waals surface area (Å²) in [6.45, 7) is 3.98. The maximum absolute atomic E-state index is 12.8. The van der Waals surface area contributed by atoms with Gasteiger partial charge in [-0.1, -0.05) is 29.3 Å². The first-order valence-corrected chi connectivity index (χ1v) is 6.40. The summed E-state index contributed by atoms with van der Waals surface area (Å²) in [6.07, 6.45) is 1.10. The fourth-order valence-corrected chi connectivity index (χ4v) is 2.19. The van der Waals surface area contributed by atoms with Gasteiger partial charge in [0, 0.05) is 12.0 Å². The number of halogens is 1. The van der Waals surface area contributed by atoms with Crippen LogP contribution in [0.1, 0.15) is 33.5 Å². The van der Waals surface area contributed by atoms with Crippen molar-refractivity contribution >= 4 is 5.78 Å². The number of hydrogen-bond acceptors (Lipinski definition) is 1. The van der Waals surface area contributed by atoms with Crippen molar-refractivity contribution < 1.29 is 9.18 Å². The third-order valence-corrected chi connectivity index (χ3v) is 3.10. The Morgan fingerprint density at radius 1 is 1.00 bits per heavy atom. The molecule has 0 aliphatic carbocycles. The van der Waals surface area contributed by atoms with Gasteiger partial charge in [-0.2, -0.15) is 0 Å². The highest BCUT2D eigenvalue weighted by Gasteiger charge is 2.07. The molecule has 0 saturated carbocycles. The van der Waals surface area contributed by atoms with Gasteiger partial charge in [0.1, 0.15) is 5.82 Å². The molecule has 0 saturated heterocycles. The van der Waals surface area contributed by atoms with E-state index in [0.717, 1.165) is 22.3 Å². The molecule has 0 aromatic heterocycles. The number of rotatable bonds is 4. The summed E-state index contributed by atoms with van der Waals surface area (Å²) in [4.78, 5) is 12.1. The van der Waals surface area contributed by atoms with Crippen LogP contribution in [0.15, 0.2) is 42.5 Å². The molecule has 0 N–H and O–H groups in total. The van der Waals surface area contributed by atoms with E-state index in [1.54, 1.807) is 12.1 Å². The fourth-order valence-electron chi connectivity index (χ4n) is 2.19. The first-order valence-electron chi connectivity index (χ1n) is 6.40. The van der Waals surface area contributed by atoms with Crippen LogP contribution in [0.4, 0.5) is 4.39 Å². The van der Waals surface area contributed by atoms with Gasteiger partial charge in [0.15, 0.2) is 5.78 Å². The first kappa shape index (κ1) is 13.5. The summed E-state index contributed by atoms with van der Waals surface area (Å²) in [5, 5.41) is 0. The van der Waals surface area contributed by atoms with Gasteiger partial charge in [-0.25, -0.2) is 4.39 Å². The molecule has 98 valence electrons. The minimum Gasteiger partial charge on any atom is -0.294 e. The highest BCUT2D eigenvalue weighted by molar-refractivity contribution is 5.96. The molecule has 0 fully saturated rings. The van der Waals surface area contributed by atoms with Crippen molar-refractivity contribution in [1.29, 1.82) is 0 Å². The Morgan fingerprint density at radius 2 is 1.58 bits per heavy atom. The van der Waals surface area contributed by atoms with Gasteiger partial charge >= 0.3 is 0 Å². The van der Waals surface area contributed by atoms with Crippen LogP contribution < -0.4 is 0 Å². The summed E-state index contributed by atoms with van der Waals surface area (Å²) in [5.41, 5.74) is 3.95. The number of Topliss-reactive ketones (excluding diaryl/α,β-unsaturated/α-hetero) is 1. The van der Waals surface area contributed by atoms with Crippen LogP contribution in [-0.4, -0.2) is 5.78 Å². The van der Waals surface area contributed by atoms with Crippen LogP contribution >= 0.6 is 0 Å². The van der Waals surface area contributed by atoms with Crippen LogP contribution in [0.5, 0.6) is 0 Å². The standard InChI is InChI=1S/C17H17FO/c1-12-9-13(2)11-15(10-12)17(19)8-5-14-3-6-16(18)7-4-14/h3-4,6-7,9-11H,5,8H2,1-2H3. The SMILES string of the molecule is Cc1cc(C)cc(C(=O)CCc2ccc(F)cc2)c1. The van der Waals surface area contributed by atoms with Crippen LogP contribution in [0.2, 0.25) is 0 Å². The predicted octanol–water partition coefficient (Wildman–Crippen LogP) is 4.26. The zero-order valence-electron chi connectivity index (χ0n) is 11.2. The van der Waals surface area contributed by atoms with E-state index in [2.05, 4.69) is 6.07 Å². The maximum Gasteiger partial charge on any atom is 0.163 e. The van der Waals surface area contributed by atoms with E-state index in [4.69, 9.17) is 0 Å². The molecule has 0 radical (unpaired) electrons. The van der Waals surface area contributed by atoms with E-state index >= 15 is 0 Å². The van der Waals surface area contributed by atoms with Crippen molar-refractivity contribution in [3.05, 3.63) is 70.5 Å². The largest absolute Gasteiger partial charge is 0.294 e. The molecule has 0 aliphatic heterocycles. The van der Waals surface area contributed by atoms with E-state index in [0.29, 0.717) is 12.8 Å². The third kappa shape index (κ3) is 3.75. The van der Waals surface area contributed by atoms with Crippen molar-refractivity contribution in [2.24, 2.45) is 0 Å². The van der Waals surface area contributed by atoms with Gasteiger partial charge in [0.05, 0.1) is 0 Å². The lowest BCUT2D eigenvalue weighted by Crippen LogP contribution is -2.02. The maximum atomic E-state index is 12.8. The monoisotopic (exact) mass is 256 g/mol. The third-order valence-electron chi connectivity index (χ3n) is 3.10. The number of ketones is 1. The molecule has 0 aliphatic rings. The Balaban J connectivity index is 2.03. The summed E-state index contributed by atoms with van der Waals surface area (Å²) >= 11 is 0. The molecule has 2 heteroatoms. The molecule has 0 bridgehead atoms. The second-order valence-corrected chi connectivity index (χ2v) is 4.93.